The summed E-state index contributed by atoms with van der Waals surface area (Å²) in [4.78, 5) is 16.4. The fraction of sp³-hybridized carbons (Fsp3) is 0.438. The molecule has 2 N–H and O–H groups in total. The van der Waals surface area contributed by atoms with Gasteiger partial charge in [-0.1, -0.05) is 12.1 Å². The second-order valence-corrected chi connectivity index (χ2v) is 6.09. The molecule has 1 atom stereocenters. The summed E-state index contributed by atoms with van der Waals surface area (Å²) in [6.45, 7) is 4.44. The molecule has 0 spiro atoms. The fourth-order valence-electron chi connectivity index (χ4n) is 2.73. The van der Waals surface area contributed by atoms with Crippen LogP contribution in [0.2, 0.25) is 0 Å². The van der Waals surface area contributed by atoms with Gasteiger partial charge in [0.05, 0.1) is 12.0 Å². The Morgan fingerprint density at radius 2 is 2.23 bits per heavy atom. The van der Waals surface area contributed by atoms with Crippen LogP contribution >= 0.6 is 0 Å². The molecule has 1 aromatic heterocycles. The molecule has 0 bridgehead atoms. The number of aromatic nitrogens is 3. The number of nitrogens with zero attached hydrogens (tertiary/aromatic N) is 3. The molecule has 1 unspecified atom stereocenters. The number of anilines is 1. The third-order valence-electron chi connectivity index (χ3n) is 4.17. The van der Waals surface area contributed by atoms with Crippen LogP contribution in [0.15, 0.2) is 36.9 Å². The van der Waals surface area contributed by atoms with E-state index in [0.29, 0.717) is 6.54 Å². The zero-order valence-electron chi connectivity index (χ0n) is 12.7. The van der Waals surface area contributed by atoms with E-state index in [-0.39, 0.29) is 11.3 Å². The standard InChI is InChI=1S/C16H21N5O/c1-16(7-2-8-17-10-16)15(22)20-14-5-3-13(4-6-14)9-21-12-18-11-19-21/h3-6,11-12,17H,2,7-10H2,1H3,(H,20,22). The van der Waals surface area contributed by atoms with Crippen LogP contribution in [0.1, 0.15) is 25.3 Å². The van der Waals surface area contributed by atoms with Crippen LogP contribution in [0.4, 0.5) is 5.69 Å². The van der Waals surface area contributed by atoms with E-state index in [0.717, 1.165) is 37.2 Å². The van der Waals surface area contributed by atoms with E-state index in [1.54, 1.807) is 11.0 Å². The number of benzene rings is 1. The van der Waals surface area contributed by atoms with Gasteiger partial charge in [0.2, 0.25) is 5.91 Å². The third kappa shape index (κ3) is 3.33. The zero-order chi connectivity index (χ0) is 15.4. The van der Waals surface area contributed by atoms with Gasteiger partial charge in [-0.15, -0.1) is 0 Å². The van der Waals surface area contributed by atoms with Gasteiger partial charge in [0.15, 0.2) is 0 Å². The maximum absolute atomic E-state index is 12.5. The fourth-order valence-corrected chi connectivity index (χ4v) is 2.73. The van der Waals surface area contributed by atoms with E-state index in [4.69, 9.17) is 0 Å². The average molecular weight is 299 g/mol. The van der Waals surface area contributed by atoms with Gasteiger partial charge in [0, 0.05) is 12.2 Å². The molecule has 2 heterocycles. The largest absolute Gasteiger partial charge is 0.326 e. The summed E-state index contributed by atoms with van der Waals surface area (Å²) in [6.07, 6.45) is 5.18. The molecule has 1 fully saturated rings. The van der Waals surface area contributed by atoms with Gasteiger partial charge in [-0.25, -0.2) is 9.67 Å². The second-order valence-electron chi connectivity index (χ2n) is 6.09. The Bertz CT molecular complexity index is 614. The third-order valence-corrected chi connectivity index (χ3v) is 4.17. The zero-order valence-corrected chi connectivity index (χ0v) is 12.7. The Balaban J connectivity index is 1.62. The summed E-state index contributed by atoms with van der Waals surface area (Å²) in [5.41, 5.74) is 1.63. The van der Waals surface area contributed by atoms with Crippen molar-refractivity contribution < 1.29 is 4.79 Å². The van der Waals surface area contributed by atoms with Crippen molar-refractivity contribution in [3.05, 3.63) is 42.5 Å². The molecule has 1 aliphatic heterocycles. The number of nitrogens with one attached hydrogen (secondary N) is 2. The molecule has 22 heavy (non-hydrogen) atoms. The molecule has 0 aliphatic carbocycles. The Morgan fingerprint density at radius 3 is 2.86 bits per heavy atom. The number of carbonyl (C=O) groups is 1. The molecule has 1 aliphatic rings. The summed E-state index contributed by atoms with van der Waals surface area (Å²) in [7, 11) is 0. The van der Waals surface area contributed by atoms with Crippen molar-refractivity contribution in [3.63, 3.8) is 0 Å². The van der Waals surface area contributed by atoms with Crippen LogP contribution in [0.3, 0.4) is 0 Å². The first-order valence-electron chi connectivity index (χ1n) is 7.59. The average Bonchev–Trinajstić information content (AvgIpc) is 3.03. The highest BCUT2D eigenvalue weighted by Crippen LogP contribution is 2.27. The van der Waals surface area contributed by atoms with Gasteiger partial charge in [0.1, 0.15) is 12.7 Å². The quantitative estimate of drug-likeness (QED) is 0.900. The first kappa shape index (κ1) is 14.7. The number of rotatable bonds is 4. The normalized spacial score (nSPS) is 21.5. The first-order chi connectivity index (χ1) is 10.7. The summed E-state index contributed by atoms with van der Waals surface area (Å²) < 4.78 is 1.77. The number of amides is 1. The van der Waals surface area contributed by atoms with Crippen LogP contribution in [0, 0.1) is 5.41 Å². The van der Waals surface area contributed by atoms with Crippen molar-refractivity contribution >= 4 is 11.6 Å². The lowest BCUT2D eigenvalue weighted by molar-refractivity contribution is -0.125. The molecule has 0 radical (unpaired) electrons. The minimum Gasteiger partial charge on any atom is -0.326 e. The van der Waals surface area contributed by atoms with Crippen molar-refractivity contribution in [3.8, 4) is 0 Å². The highest BCUT2D eigenvalue weighted by molar-refractivity contribution is 5.95. The molecule has 1 amide bonds. The first-order valence-corrected chi connectivity index (χ1v) is 7.59. The predicted octanol–water partition coefficient (Wildman–Crippen LogP) is 1.65. The topological polar surface area (TPSA) is 71.8 Å². The molecule has 116 valence electrons. The summed E-state index contributed by atoms with van der Waals surface area (Å²) in [5, 5.41) is 10.4. The summed E-state index contributed by atoms with van der Waals surface area (Å²) in [6, 6.07) is 7.87. The van der Waals surface area contributed by atoms with Crippen molar-refractivity contribution in [2.24, 2.45) is 5.41 Å². The molecule has 1 saturated heterocycles. The molecule has 0 saturated carbocycles. The van der Waals surface area contributed by atoms with Gasteiger partial charge in [-0.3, -0.25) is 4.79 Å². The lowest BCUT2D eigenvalue weighted by atomic mass is 9.82. The minimum absolute atomic E-state index is 0.0868. The predicted molar refractivity (Wildman–Crippen MR) is 84.4 cm³/mol. The van der Waals surface area contributed by atoms with Crippen molar-refractivity contribution in [1.82, 2.24) is 20.1 Å². The Labute approximate surface area is 129 Å². The monoisotopic (exact) mass is 299 g/mol. The molecule has 3 rings (SSSR count). The molecule has 1 aromatic carbocycles. The van der Waals surface area contributed by atoms with Crippen molar-refractivity contribution in [2.45, 2.75) is 26.3 Å². The molecule has 2 aromatic rings. The van der Waals surface area contributed by atoms with E-state index in [2.05, 4.69) is 20.7 Å². The van der Waals surface area contributed by atoms with Crippen LogP contribution in [-0.2, 0) is 11.3 Å². The minimum atomic E-state index is -0.322. The molecule has 6 nitrogen and oxygen atoms in total. The van der Waals surface area contributed by atoms with E-state index < -0.39 is 0 Å². The molecular formula is C16H21N5O. The summed E-state index contributed by atoms with van der Waals surface area (Å²) in [5.74, 6) is 0.0868. The van der Waals surface area contributed by atoms with Gasteiger partial charge in [-0.05, 0) is 44.0 Å². The van der Waals surface area contributed by atoms with Gasteiger partial charge < -0.3 is 10.6 Å². The molecular weight excluding hydrogens is 278 g/mol. The number of carbonyl (C=O) groups excluding carboxylic acids is 1. The van der Waals surface area contributed by atoms with Gasteiger partial charge >= 0.3 is 0 Å². The summed E-state index contributed by atoms with van der Waals surface area (Å²) >= 11 is 0. The van der Waals surface area contributed by atoms with Crippen LogP contribution in [0.25, 0.3) is 0 Å². The van der Waals surface area contributed by atoms with Crippen LogP contribution in [0.5, 0.6) is 0 Å². The van der Waals surface area contributed by atoms with Gasteiger partial charge in [-0.2, -0.15) is 5.10 Å². The maximum atomic E-state index is 12.5. The lowest BCUT2D eigenvalue weighted by Crippen LogP contribution is -2.46. The van der Waals surface area contributed by atoms with E-state index >= 15 is 0 Å². The Kier molecular flexibility index (Phi) is 4.20. The maximum Gasteiger partial charge on any atom is 0.231 e. The highest BCUT2D eigenvalue weighted by atomic mass is 16.2. The number of hydrogen-bond acceptors (Lipinski definition) is 4. The van der Waals surface area contributed by atoms with Crippen molar-refractivity contribution in [1.29, 1.82) is 0 Å². The van der Waals surface area contributed by atoms with Crippen LogP contribution in [-0.4, -0.2) is 33.8 Å². The van der Waals surface area contributed by atoms with Crippen molar-refractivity contribution in [2.75, 3.05) is 18.4 Å². The number of piperidine rings is 1. The second kappa shape index (κ2) is 6.27. The smallest absolute Gasteiger partial charge is 0.231 e. The van der Waals surface area contributed by atoms with E-state index in [1.165, 1.54) is 6.33 Å². The lowest BCUT2D eigenvalue weighted by Gasteiger charge is -2.32. The molecule has 6 heteroatoms. The Hall–Kier alpha value is -2.21. The van der Waals surface area contributed by atoms with E-state index in [1.807, 2.05) is 31.2 Å². The highest BCUT2D eigenvalue weighted by Gasteiger charge is 2.34. The van der Waals surface area contributed by atoms with E-state index in [9.17, 15) is 4.79 Å². The SMILES string of the molecule is CC1(C(=O)Nc2ccc(Cn3cncn3)cc2)CCCNC1. The number of hydrogen-bond donors (Lipinski definition) is 2. The van der Waals surface area contributed by atoms with Gasteiger partial charge in [0.25, 0.3) is 0 Å². The Morgan fingerprint density at radius 1 is 1.41 bits per heavy atom. The van der Waals surface area contributed by atoms with Crippen LogP contribution < -0.4 is 10.6 Å².